The minimum absolute atomic E-state index is 0.171. The van der Waals surface area contributed by atoms with Crippen LogP contribution in [0.1, 0.15) is 80.1 Å². The van der Waals surface area contributed by atoms with Crippen molar-refractivity contribution >= 4 is 32.9 Å². The number of benzene rings is 2. The fraction of sp³-hybridized carbons (Fsp3) is 0.500. The third kappa shape index (κ3) is 5.33. The second kappa shape index (κ2) is 10.1. The van der Waals surface area contributed by atoms with Crippen molar-refractivity contribution in [3.05, 3.63) is 69.8 Å². The second-order valence-electron chi connectivity index (χ2n) is 12.2. The molecule has 0 atom stereocenters. The van der Waals surface area contributed by atoms with E-state index < -0.39 is 20.9 Å². The van der Waals surface area contributed by atoms with E-state index in [1.54, 1.807) is 12.1 Å². The molecule has 0 unspecified atom stereocenters. The third-order valence-electron chi connectivity index (χ3n) is 9.33. The third-order valence-corrected chi connectivity index (χ3v) is 10.7. The van der Waals surface area contributed by atoms with Crippen molar-refractivity contribution < 1.29 is 18.1 Å². The Morgan fingerprint density at radius 2 is 1.64 bits per heavy atom. The predicted octanol–water partition coefficient (Wildman–Crippen LogP) is 6.30. The first kappa shape index (κ1) is 26.0. The summed E-state index contributed by atoms with van der Waals surface area (Å²) in [6, 6.07) is 10.7. The van der Waals surface area contributed by atoms with Crippen molar-refractivity contribution in [3.8, 4) is 0 Å². The molecule has 206 valence electrons. The van der Waals surface area contributed by atoms with Crippen LogP contribution in [0.3, 0.4) is 0 Å². The maximum absolute atomic E-state index is 13.0. The van der Waals surface area contributed by atoms with E-state index in [-0.39, 0.29) is 21.6 Å². The molecule has 4 saturated carbocycles. The van der Waals surface area contributed by atoms with E-state index in [1.807, 2.05) is 12.1 Å². The lowest BCUT2D eigenvalue weighted by atomic mass is 9.49. The normalized spacial score (nSPS) is 27.6. The molecule has 2 aromatic rings. The lowest BCUT2D eigenvalue weighted by molar-refractivity contribution is -0.384. The van der Waals surface area contributed by atoms with Crippen LogP contribution in [0.15, 0.2) is 53.4 Å². The molecule has 4 fully saturated rings. The number of amides is 1. The number of nitro benzene ring substituents is 1. The molecule has 8 nitrogen and oxygen atoms in total. The molecule has 5 aliphatic carbocycles. The van der Waals surface area contributed by atoms with Crippen molar-refractivity contribution in [3.63, 3.8) is 0 Å². The molecule has 0 heterocycles. The van der Waals surface area contributed by atoms with Gasteiger partial charge >= 0.3 is 0 Å². The highest BCUT2D eigenvalue weighted by Crippen LogP contribution is 2.60. The maximum Gasteiger partial charge on any atom is 0.293 e. The minimum atomic E-state index is -4.31. The zero-order valence-electron chi connectivity index (χ0n) is 22.0. The topological polar surface area (TPSA) is 118 Å². The highest BCUT2D eigenvalue weighted by molar-refractivity contribution is 7.90. The Bertz CT molecular complexity index is 1400. The predicted molar refractivity (Wildman–Crippen MR) is 150 cm³/mol. The second-order valence-corrected chi connectivity index (χ2v) is 13.9. The number of nitro groups is 1. The molecule has 2 aromatic carbocycles. The maximum atomic E-state index is 13.0. The van der Waals surface area contributed by atoms with E-state index in [4.69, 9.17) is 0 Å². The van der Waals surface area contributed by atoms with Crippen LogP contribution in [0.5, 0.6) is 0 Å². The Morgan fingerprint density at radius 1 is 0.974 bits per heavy atom. The SMILES string of the molecule is O=C(NS(=O)(=O)c1ccc(NCC23CC4CC(CC(C4)C2)C3)c([N+](=O)[O-])c1)c1ccc(C2=CCCCC2)cc1. The van der Waals surface area contributed by atoms with Gasteiger partial charge in [0.05, 0.1) is 9.82 Å². The van der Waals surface area contributed by atoms with Crippen LogP contribution >= 0.6 is 0 Å². The summed E-state index contributed by atoms with van der Waals surface area (Å²) in [5.41, 5.74) is 2.66. The molecule has 5 aliphatic rings. The monoisotopic (exact) mass is 549 g/mol. The van der Waals surface area contributed by atoms with Crippen molar-refractivity contribution in [2.75, 3.05) is 11.9 Å². The number of hydrogen-bond donors (Lipinski definition) is 2. The fourth-order valence-electron chi connectivity index (χ4n) is 7.94. The van der Waals surface area contributed by atoms with Gasteiger partial charge in [0.1, 0.15) is 5.69 Å². The van der Waals surface area contributed by atoms with Crippen molar-refractivity contribution in [2.24, 2.45) is 23.2 Å². The van der Waals surface area contributed by atoms with E-state index in [2.05, 4.69) is 16.1 Å². The van der Waals surface area contributed by atoms with Gasteiger partial charge in [0.15, 0.2) is 0 Å². The van der Waals surface area contributed by atoms with Crippen LogP contribution in [0.2, 0.25) is 0 Å². The number of rotatable bonds is 8. The zero-order chi connectivity index (χ0) is 27.2. The summed E-state index contributed by atoms with van der Waals surface area (Å²) in [5.74, 6) is 1.53. The molecule has 39 heavy (non-hydrogen) atoms. The summed E-state index contributed by atoms with van der Waals surface area (Å²) >= 11 is 0. The number of allylic oxidation sites excluding steroid dienone is 2. The van der Waals surface area contributed by atoms with Gasteiger partial charge < -0.3 is 5.32 Å². The highest BCUT2D eigenvalue weighted by Gasteiger charge is 2.50. The van der Waals surface area contributed by atoms with Gasteiger partial charge in [0, 0.05) is 18.2 Å². The van der Waals surface area contributed by atoms with Crippen molar-refractivity contribution in [1.82, 2.24) is 4.72 Å². The molecular weight excluding hydrogens is 514 g/mol. The lowest BCUT2D eigenvalue weighted by Gasteiger charge is -2.57. The van der Waals surface area contributed by atoms with Crippen molar-refractivity contribution in [2.45, 2.75) is 69.1 Å². The number of nitrogens with zero attached hydrogens (tertiary/aromatic N) is 1. The molecule has 0 aliphatic heterocycles. The van der Waals surface area contributed by atoms with Gasteiger partial charge in [-0.05, 0) is 123 Å². The molecule has 2 N–H and O–H groups in total. The summed E-state index contributed by atoms with van der Waals surface area (Å²) in [6.07, 6.45) is 14.0. The summed E-state index contributed by atoms with van der Waals surface area (Å²) in [4.78, 5) is 23.8. The van der Waals surface area contributed by atoms with Gasteiger partial charge in [-0.2, -0.15) is 0 Å². The van der Waals surface area contributed by atoms with Gasteiger partial charge in [-0.3, -0.25) is 14.9 Å². The minimum Gasteiger partial charge on any atom is -0.379 e. The molecule has 7 rings (SSSR count). The fourth-order valence-corrected chi connectivity index (χ4v) is 8.94. The molecule has 1 amide bonds. The van der Waals surface area contributed by atoms with Crippen molar-refractivity contribution in [1.29, 1.82) is 0 Å². The average Bonchev–Trinajstić information content (AvgIpc) is 2.91. The van der Waals surface area contributed by atoms with E-state index in [1.165, 1.54) is 43.4 Å². The van der Waals surface area contributed by atoms with Gasteiger partial charge in [-0.1, -0.05) is 18.2 Å². The quantitative estimate of drug-likeness (QED) is 0.295. The Kier molecular flexibility index (Phi) is 6.73. The molecule has 0 aromatic heterocycles. The van der Waals surface area contributed by atoms with Crippen LogP contribution in [0.4, 0.5) is 11.4 Å². The Balaban J connectivity index is 1.15. The van der Waals surface area contributed by atoms with Crippen LogP contribution < -0.4 is 10.0 Å². The zero-order valence-corrected chi connectivity index (χ0v) is 22.8. The van der Waals surface area contributed by atoms with E-state index in [0.717, 1.165) is 67.9 Å². The highest BCUT2D eigenvalue weighted by atomic mass is 32.2. The smallest absolute Gasteiger partial charge is 0.293 e. The molecule has 4 bridgehead atoms. The number of hydrogen-bond acceptors (Lipinski definition) is 6. The first-order valence-corrected chi connectivity index (χ1v) is 15.6. The van der Waals surface area contributed by atoms with Gasteiger partial charge in [0.2, 0.25) is 0 Å². The van der Waals surface area contributed by atoms with Gasteiger partial charge in [0.25, 0.3) is 21.6 Å². The Morgan fingerprint density at radius 3 is 2.23 bits per heavy atom. The molecule has 0 radical (unpaired) electrons. The molecular formula is C30H35N3O5S. The molecule has 0 saturated heterocycles. The average molecular weight is 550 g/mol. The van der Waals surface area contributed by atoms with E-state index in [0.29, 0.717) is 12.2 Å². The van der Waals surface area contributed by atoms with Crippen LogP contribution in [0.25, 0.3) is 5.57 Å². The summed E-state index contributed by atoms with van der Waals surface area (Å²) in [7, 11) is -4.31. The first-order valence-electron chi connectivity index (χ1n) is 14.1. The molecule has 9 heteroatoms. The Labute approximate surface area is 229 Å². The molecule has 0 spiro atoms. The summed E-state index contributed by atoms with van der Waals surface area (Å²) in [6.45, 7) is 0.660. The lowest BCUT2D eigenvalue weighted by Crippen LogP contribution is -2.49. The first-order chi connectivity index (χ1) is 18.7. The Hall–Kier alpha value is -3.20. The van der Waals surface area contributed by atoms with Crippen LogP contribution in [0, 0.1) is 33.3 Å². The van der Waals surface area contributed by atoms with Crippen LogP contribution in [-0.2, 0) is 10.0 Å². The standard InChI is InChI=1S/C30H35N3O5S/c34-29(25-8-6-24(7-9-25)23-4-2-1-3-5-23)32-39(37,38)26-10-11-27(28(15-26)33(35)36)31-19-30-16-20-12-21(17-30)14-22(13-20)18-30/h4,6-11,15,20-22,31H,1-3,5,12-14,16-19H2,(H,32,34). The number of carbonyl (C=O) groups is 1. The summed E-state index contributed by atoms with van der Waals surface area (Å²) < 4.78 is 28.1. The largest absolute Gasteiger partial charge is 0.379 e. The van der Waals surface area contributed by atoms with Crippen LogP contribution in [-0.4, -0.2) is 25.8 Å². The van der Waals surface area contributed by atoms with E-state index in [9.17, 15) is 23.3 Å². The number of sulfonamides is 1. The number of anilines is 1. The summed E-state index contributed by atoms with van der Waals surface area (Å²) in [5, 5.41) is 15.2. The van der Waals surface area contributed by atoms with Gasteiger partial charge in [-0.15, -0.1) is 0 Å². The van der Waals surface area contributed by atoms with Gasteiger partial charge in [-0.25, -0.2) is 13.1 Å². The number of carbonyl (C=O) groups excluding carboxylic acids is 1. The number of nitrogens with one attached hydrogen (secondary N) is 2. The van der Waals surface area contributed by atoms with E-state index >= 15 is 0 Å².